The van der Waals surface area contributed by atoms with Gasteiger partial charge in [0, 0.05) is 50.7 Å². The number of carboxylic acid groups (broad SMARTS) is 1. The molecule has 2 fully saturated rings. The Morgan fingerprint density at radius 1 is 1.05 bits per heavy atom. The summed E-state index contributed by atoms with van der Waals surface area (Å²) in [5.41, 5.74) is 5.28. The lowest BCUT2D eigenvalue weighted by Gasteiger charge is -2.45. The van der Waals surface area contributed by atoms with Crippen LogP contribution in [0.1, 0.15) is 46.3 Å². The molecule has 228 valence electrons. The maximum absolute atomic E-state index is 12.9. The average Bonchev–Trinajstić information content (AvgIpc) is 3.46. The van der Waals surface area contributed by atoms with Gasteiger partial charge in [-0.15, -0.1) is 11.3 Å². The summed E-state index contributed by atoms with van der Waals surface area (Å²) in [6.45, 7) is 5.81. The molecule has 0 radical (unpaired) electrons. The summed E-state index contributed by atoms with van der Waals surface area (Å²) in [6.07, 6.45) is 3.02. The Morgan fingerprint density at radius 2 is 1.77 bits per heavy atom. The van der Waals surface area contributed by atoms with Crippen molar-refractivity contribution in [2.75, 3.05) is 45.7 Å². The predicted octanol–water partition coefficient (Wildman–Crippen LogP) is 5.10. The molecule has 1 saturated heterocycles. The van der Waals surface area contributed by atoms with Crippen LogP contribution >= 0.6 is 11.3 Å². The fourth-order valence-electron chi connectivity index (χ4n) is 6.28. The van der Waals surface area contributed by atoms with Gasteiger partial charge < -0.3 is 24.5 Å². The summed E-state index contributed by atoms with van der Waals surface area (Å²) >= 11 is 1.59. The van der Waals surface area contributed by atoms with Crippen LogP contribution in [0.15, 0.2) is 41.8 Å². The minimum absolute atomic E-state index is 0.0199. The number of aromatic nitrogens is 1. The molecular weight excluding hydrogens is 564 g/mol. The molecule has 0 unspecified atom stereocenters. The van der Waals surface area contributed by atoms with Crippen LogP contribution in [0, 0.1) is 31.6 Å². The highest BCUT2D eigenvalue weighted by atomic mass is 32.1. The Kier molecular flexibility index (Phi) is 9.05. The normalized spacial score (nSPS) is 19.6. The second kappa shape index (κ2) is 12.8. The molecule has 2 bridgehead atoms. The molecule has 1 saturated carbocycles. The number of carbonyl (C=O) groups excluding carboxylic acids is 2. The Morgan fingerprint density at radius 3 is 2.42 bits per heavy atom. The Hall–Kier alpha value is -3.92. The van der Waals surface area contributed by atoms with E-state index in [2.05, 4.69) is 16.3 Å². The molecule has 3 aromatic rings. The number of carbonyl (C=O) groups is 3. The molecule has 1 aromatic heterocycles. The zero-order valence-electron chi connectivity index (χ0n) is 25.5. The largest absolute Gasteiger partial charge is 0.488 e. The van der Waals surface area contributed by atoms with Crippen molar-refractivity contribution in [1.29, 1.82) is 0 Å². The number of likely N-dealkylation sites (N-methyl/N-ethyl adjacent to an activating group) is 2. The van der Waals surface area contributed by atoms with E-state index in [1.165, 1.54) is 9.80 Å². The van der Waals surface area contributed by atoms with Crippen molar-refractivity contribution in [2.45, 2.75) is 39.7 Å². The molecule has 1 aliphatic heterocycles. The van der Waals surface area contributed by atoms with Crippen molar-refractivity contribution >= 4 is 34.3 Å². The number of rotatable bonds is 9. The van der Waals surface area contributed by atoms with E-state index < -0.39 is 5.97 Å². The van der Waals surface area contributed by atoms with Crippen LogP contribution in [0.4, 0.5) is 5.13 Å². The van der Waals surface area contributed by atoms with Gasteiger partial charge in [0.15, 0.2) is 5.13 Å². The number of fused-ring (bicyclic) bond motifs is 2. The van der Waals surface area contributed by atoms with Crippen LogP contribution in [0.5, 0.6) is 5.75 Å². The summed E-state index contributed by atoms with van der Waals surface area (Å²) in [7, 11) is 4.97. The van der Waals surface area contributed by atoms with Gasteiger partial charge in [-0.2, -0.15) is 0 Å². The highest BCUT2D eigenvalue weighted by Gasteiger charge is 2.44. The van der Waals surface area contributed by atoms with Crippen LogP contribution in [0.3, 0.4) is 0 Å². The van der Waals surface area contributed by atoms with Crippen LogP contribution in [-0.2, 0) is 16.2 Å². The van der Waals surface area contributed by atoms with E-state index in [4.69, 9.17) is 9.72 Å². The van der Waals surface area contributed by atoms with E-state index in [-0.39, 0.29) is 36.1 Å². The van der Waals surface area contributed by atoms with Gasteiger partial charge >= 0.3 is 5.97 Å². The van der Waals surface area contributed by atoms with E-state index in [0.717, 1.165) is 71.2 Å². The third kappa shape index (κ3) is 6.69. The molecule has 3 atom stereocenters. The van der Waals surface area contributed by atoms with Gasteiger partial charge in [0.1, 0.15) is 12.4 Å². The molecule has 10 heteroatoms. The summed E-state index contributed by atoms with van der Waals surface area (Å²) in [5, 5.41) is 12.8. The predicted molar refractivity (Wildman–Crippen MR) is 168 cm³/mol. The van der Waals surface area contributed by atoms with Crippen molar-refractivity contribution in [3.8, 4) is 17.0 Å². The van der Waals surface area contributed by atoms with Gasteiger partial charge in [-0.3, -0.25) is 14.4 Å². The van der Waals surface area contributed by atoms with Crippen molar-refractivity contribution in [1.82, 2.24) is 14.8 Å². The summed E-state index contributed by atoms with van der Waals surface area (Å²) in [4.78, 5) is 47.0. The average molecular weight is 605 g/mol. The van der Waals surface area contributed by atoms with Crippen LogP contribution in [0.25, 0.3) is 11.3 Å². The van der Waals surface area contributed by atoms with Gasteiger partial charge in [0.2, 0.25) is 5.91 Å². The minimum Gasteiger partial charge on any atom is -0.488 e. The zero-order valence-corrected chi connectivity index (χ0v) is 26.3. The number of benzene rings is 2. The van der Waals surface area contributed by atoms with Crippen molar-refractivity contribution < 1.29 is 24.2 Å². The lowest BCUT2D eigenvalue weighted by Crippen LogP contribution is -2.51. The van der Waals surface area contributed by atoms with Crippen LogP contribution < -0.4 is 9.64 Å². The Bertz CT molecular complexity index is 1500. The first kappa shape index (κ1) is 30.5. The molecule has 2 aliphatic rings. The first-order chi connectivity index (χ1) is 20.5. The third-order valence-corrected chi connectivity index (χ3v) is 9.63. The highest BCUT2D eigenvalue weighted by Crippen LogP contribution is 2.43. The van der Waals surface area contributed by atoms with Gasteiger partial charge in [0.25, 0.3) is 5.91 Å². The molecule has 2 aromatic carbocycles. The van der Waals surface area contributed by atoms with E-state index in [1.54, 1.807) is 38.5 Å². The highest BCUT2D eigenvalue weighted by molar-refractivity contribution is 7.14. The zero-order chi connectivity index (χ0) is 30.8. The van der Waals surface area contributed by atoms with E-state index in [0.29, 0.717) is 12.2 Å². The van der Waals surface area contributed by atoms with Gasteiger partial charge in [-0.1, -0.05) is 24.1 Å². The number of aryl methyl sites for hydroxylation is 2. The number of aliphatic carboxylic acids is 1. The Labute approximate surface area is 257 Å². The number of carboxylic acids is 1. The molecular formula is C33H40N4O5S. The molecule has 0 spiro atoms. The molecule has 5 rings (SSSR count). The smallest absolute Gasteiger partial charge is 0.307 e. The third-order valence-electron chi connectivity index (χ3n) is 8.72. The number of piperidine rings is 1. The monoisotopic (exact) mass is 604 g/mol. The topological polar surface area (TPSA) is 103 Å². The second-order valence-corrected chi connectivity index (χ2v) is 13.0. The molecule has 1 aliphatic carbocycles. The summed E-state index contributed by atoms with van der Waals surface area (Å²) in [5.74, 6) is -0.181. The standard InChI is InChI=1S/C33H40N4O5S/c1-20-9-12-28(42-18-25-11-10-22(14-21(25)2)31(39)36(5)17-29(38)35(3)4)26(13-20)27-19-43-33(34-27)37-15-23-7-6-8-24(16-37)30(23)32(40)41/h9-14,19,23-24,30H,6-8,15-18H2,1-5H3,(H,40,41)/t23-,24+,30+. The van der Waals surface area contributed by atoms with E-state index in [1.807, 2.05) is 38.1 Å². The number of hydrogen-bond acceptors (Lipinski definition) is 7. The molecule has 1 N–H and O–H groups in total. The van der Waals surface area contributed by atoms with Gasteiger partial charge in [-0.25, -0.2) is 4.98 Å². The number of hydrogen-bond donors (Lipinski definition) is 1. The second-order valence-electron chi connectivity index (χ2n) is 12.1. The van der Waals surface area contributed by atoms with Crippen molar-refractivity contribution in [2.24, 2.45) is 17.8 Å². The lowest BCUT2D eigenvalue weighted by atomic mass is 9.69. The molecule has 2 heterocycles. The fourth-order valence-corrected chi connectivity index (χ4v) is 7.13. The quantitative estimate of drug-likeness (QED) is 0.362. The number of anilines is 1. The van der Waals surface area contributed by atoms with Crippen molar-refractivity contribution in [3.05, 3.63) is 64.0 Å². The van der Waals surface area contributed by atoms with Gasteiger partial charge in [0.05, 0.1) is 18.2 Å². The fraction of sp³-hybridized carbons (Fsp3) is 0.455. The van der Waals surface area contributed by atoms with E-state index in [9.17, 15) is 19.5 Å². The van der Waals surface area contributed by atoms with Gasteiger partial charge in [-0.05, 0) is 73.9 Å². The van der Waals surface area contributed by atoms with Crippen molar-refractivity contribution in [3.63, 3.8) is 0 Å². The maximum Gasteiger partial charge on any atom is 0.307 e. The number of thiazole rings is 1. The first-order valence-electron chi connectivity index (χ1n) is 14.7. The summed E-state index contributed by atoms with van der Waals surface area (Å²) in [6, 6.07) is 11.6. The van der Waals surface area contributed by atoms with Crippen LogP contribution in [0.2, 0.25) is 0 Å². The summed E-state index contributed by atoms with van der Waals surface area (Å²) < 4.78 is 6.34. The van der Waals surface area contributed by atoms with Crippen LogP contribution in [-0.4, -0.2) is 78.5 Å². The SMILES string of the molecule is Cc1ccc(OCc2ccc(C(=O)N(C)CC(=O)N(C)C)cc2C)c(-c2csc(N3C[C@H]4CCC[C@@H](C3)[C@H]4C(=O)O)n2)c1. The molecule has 43 heavy (non-hydrogen) atoms. The lowest BCUT2D eigenvalue weighted by molar-refractivity contribution is -0.148. The number of ether oxygens (including phenoxy) is 1. The maximum atomic E-state index is 12.9. The minimum atomic E-state index is -0.656. The molecule has 9 nitrogen and oxygen atoms in total. The molecule has 2 amide bonds. The number of amides is 2. The number of nitrogens with zero attached hydrogens (tertiary/aromatic N) is 4. The Balaban J connectivity index is 1.29. The first-order valence-corrected chi connectivity index (χ1v) is 15.6. The van der Waals surface area contributed by atoms with E-state index >= 15 is 0 Å².